The molecule has 0 fully saturated rings. The summed E-state index contributed by atoms with van der Waals surface area (Å²) in [6, 6.07) is 9.57. The van der Waals surface area contributed by atoms with Gasteiger partial charge in [0.15, 0.2) is 0 Å². The largest absolute Gasteiger partial charge is 0.339 e. The van der Waals surface area contributed by atoms with Crippen LogP contribution in [-0.2, 0) is 4.79 Å². The van der Waals surface area contributed by atoms with E-state index in [9.17, 15) is 14.0 Å². The first-order valence-corrected chi connectivity index (χ1v) is 6.34. The minimum absolute atomic E-state index is 0.235. The van der Waals surface area contributed by atoms with E-state index in [1.54, 1.807) is 25.1 Å². The van der Waals surface area contributed by atoms with Gasteiger partial charge in [0.2, 0.25) is 5.91 Å². The second-order valence-corrected chi connectivity index (χ2v) is 4.41. The summed E-state index contributed by atoms with van der Waals surface area (Å²) in [7, 11) is 0. The molecule has 21 heavy (non-hydrogen) atoms. The summed E-state index contributed by atoms with van der Waals surface area (Å²) in [5.41, 5.74) is 0.694. The molecular formula is C15H14FN3O2. The van der Waals surface area contributed by atoms with Crippen molar-refractivity contribution in [3.8, 4) is 0 Å². The van der Waals surface area contributed by atoms with Gasteiger partial charge in [-0.25, -0.2) is 4.39 Å². The predicted molar refractivity (Wildman–Crippen MR) is 76.2 cm³/mol. The first-order valence-electron chi connectivity index (χ1n) is 6.34. The van der Waals surface area contributed by atoms with Gasteiger partial charge < -0.3 is 10.6 Å². The SMILES string of the molecule is C[C@H](NC(=O)c1ccccn1)C(=O)Nc1ccc(F)cc1. The standard InChI is InChI=1S/C15H14FN3O2/c1-10(18-15(21)13-4-2-3-9-17-13)14(20)19-12-7-5-11(16)6-8-12/h2-10H,1H3,(H,18,21)(H,19,20)/t10-/m0/s1. The summed E-state index contributed by atoms with van der Waals surface area (Å²) < 4.78 is 12.8. The second kappa shape index (κ2) is 6.60. The van der Waals surface area contributed by atoms with Crippen LogP contribution in [0.5, 0.6) is 0 Å². The van der Waals surface area contributed by atoms with Crippen LogP contribution in [0.3, 0.4) is 0 Å². The molecule has 0 bridgehead atoms. The molecule has 0 saturated carbocycles. The molecule has 0 aliphatic rings. The number of nitrogens with one attached hydrogen (secondary N) is 2. The fourth-order valence-corrected chi connectivity index (χ4v) is 1.62. The minimum Gasteiger partial charge on any atom is -0.339 e. The lowest BCUT2D eigenvalue weighted by atomic mass is 10.2. The third kappa shape index (κ3) is 4.10. The number of halogens is 1. The lowest BCUT2D eigenvalue weighted by Gasteiger charge is -2.13. The van der Waals surface area contributed by atoms with Gasteiger partial charge in [-0.1, -0.05) is 6.07 Å². The van der Waals surface area contributed by atoms with E-state index in [2.05, 4.69) is 15.6 Å². The van der Waals surface area contributed by atoms with Gasteiger partial charge in [0.05, 0.1) is 0 Å². The molecule has 2 amide bonds. The van der Waals surface area contributed by atoms with Crippen LogP contribution >= 0.6 is 0 Å². The van der Waals surface area contributed by atoms with E-state index in [0.717, 1.165) is 0 Å². The number of pyridine rings is 1. The number of rotatable bonds is 4. The van der Waals surface area contributed by atoms with Gasteiger partial charge in [0, 0.05) is 11.9 Å². The monoisotopic (exact) mass is 287 g/mol. The van der Waals surface area contributed by atoms with Crippen LogP contribution in [0.4, 0.5) is 10.1 Å². The fraction of sp³-hybridized carbons (Fsp3) is 0.133. The zero-order chi connectivity index (χ0) is 15.2. The highest BCUT2D eigenvalue weighted by Crippen LogP contribution is 2.08. The molecule has 0 saturated heterocycles. The average molecular weight is 287 g/mol. The van der Waals surface area contributed by atoms with E-state index < -0.39 is 17.9 Å². The Kier molecular flexibility index (Phi) is 4.61. The maximum absolute atomic E-state index is 12.8. The topological polar surface area (TPSA) is 71.1 Å². The molecule has 1 aromatic heterocycles. The van der Waals surface area contributed by atoms with Crippen molar-refractivity contribution in [1.29, 1.82) is 0 Å². The van der Waals surface area contributed by atoms with Crippen molar-refractivity contribution < 1.29 is 14.0 Å². The van der Waals surface area contributed by atoms with Gasteiger partial charge in [0.25, 0.3) is 5.91 Å². The molecule has 0 aliphatic heterocycles. The van der Waals surface area contributed by atoms with Gasteiger partial charge in [-0.05, 0) is 43.3 Å². The first-order chi connectivity index (χ1) is 10.1. The summed E-state index contributed by atoms with van der Waals surface area (Å²) in [5.74, 6) is -1.22. The van der Waals surface area contributed by atoms with Crippen LogP contribution in [0.15, 0.2) is 48.7 Å². The minimum atomic E-state index is -0.746. The molecule has 1 atom stereocenters. The normalized spacial score (nSPS) is 11.5. The summed E-state index contributed by atoms with van der Waals surface area (Å²) >= 11 is 0. The van der Waals surface area contributed by atoms with E-state index in [1.165, 1.54) is 30.5 Å². The Morgan fingerprint density at radius 1 is 1.14 bits per heavy atom. The van der Waals surface area contributed by atoms with E-state index in [-0.39, 0.29) is 11.5 Å². The summed E-state index contributed by atoms with van der Waals surface area (Å²) in [6.45, 7) is 1.56. The lowest BCUT2D eigenvalue weighted by molar-refractivity contribution is -0.117. The van der Waals surface area contributed by atoms with Crippen molar-refractivity contribution in [2.45, 2.75) is 13.0 Å². The van der Waals surface area contributed by atoms with Gasteiger partial charge >= 0.3 is 0 Å². The Morgan fingerprint density at radius 3 is 2.48 bits per heavy atom. The molecular weight excluding hydrogens is 273 g/mol. The number of amides is 2. The Labute approximate surface area is 121 Å². The Morgan fingerprint density at radius 2 is 1.86 bits per heavy atom. The van der Waals surface area contributed by atoms with Crippen LogP contribution in [0.25, 0.3) is 0 Å². The number of nitrogens with zero attached hydrogens (tertiary/aromatic N) is 1. The van der Waals surface area contributed by atoms with E-state index in [1.807, 2.05) is 0 Å². The number of anilines is 1. The van der Waals surface area contributed by atoms with Crippen molar-refractivity contribution in [1.82, 2.24) is 10.3 Å². The number of hydrogen-bond donors (Lipinski definition) is 2. The van der Waals surface area contributed by atoms with Gasteiger partial charge in [-0.2, -0.15) is 0 Å². The second-order valence-electron chi connectivity index (χ2n) is 4.41. The highest BCUT2D eigenvalue weighted by Gasteiger charge is 2.17. The van der Waals surface area contributed by atoms with E-state index in [0.29, 0.717) is 5.69 Å². The number of carbonyl (C=O) groups is 2. The summed E-state index contributed by atoms with van der Waals surface area (Å²) in [5, 5.41) is 5.13. The van der Waals surface area contributed by atoms with Crippen molar-refractivity contribution in [3.63, 3.8) is 0 Å². The number of aromatic nitrogens is 1. The van der Waals surface area contributed by atoms with Crippen molar-refractivity contribution >= 4 is 17.5 Å². The van der Waals surface area contributed by atoms with E-state index >= 15 is 0 Å². The van der Waals surface area contributed by atoms with E-state index in [4.69, 9.17) is 0 Å². The van der Waals surface area contributed by atoms with Crippen LogP contribution in [0.2, 0.25) is 0 Å². The number of benzene rings is 1. The zero-order valence-electron chi connectivity index (χ0n) is 11.3. The highest BCUT2D eigenvalue weighted by atomic mass is 19.1. The predicted octanol–water partition coefficient (Wildman–Crippen LogP) is 1.98. The summed E-state index contributed by atoms with van der Waals surface area (Å²) in [6.07, 6.45) is 1.50. The first kappa shape index (κ1) is 14.6. The smallest absolute Gasteiger partial charge is 0.270 e. The van der Waals surface area contributed by atoms with Gasteiger partial charge in [-0.3, -0.25) is 14.6 Å². The van der Waals surface area contributed by atoms with Gasteiger partial charge in [-0.15, -0.1) is 0 Å². The Hall–Kier alpha value is -2.76. The molecule has 1 aromatic carbocycles. The molecule has 0 aliphatic carbocycles. The summed E-state index contributed by atoms with van der Waals surface area (Å²) in [4.78, 5) is 27.7. The maximum Gasteiger partial charge on any atom is 0.270 e. The lowest BCUT2D eigenvalue weighted by Crippen LogP contribution is -2.41. The number of carbonyl (C=O) groups excluding carboxylic acids is 2. The molecule has 2 rings (SSSR count). The van der Waals surface area contributed by atoms with Crippen LogP contribution in [0, 0.1) is 5.82 Å². The van der Waals surface area contributed by atoms with Gasteiger partial charge in [0.1, 0.15) is 17.6 Å². The average Bonchev–Trinajstić information content (AvgIpc) is 2.50. The van der Waals surface area contributed by atoms with Crippen LogP contribution in [0.1, 0.15) is 17.4 Å². The fourth-order valence-electron chi connectivity index (χ4n) is 1.62. The molecule has 2 N–H and O–H groups in total. The quantitative estimate of drug-likeness (QED) is 0.903. The molecule has 0 unspecified atom stereocenters. The molecule has 2 aromatic rings. The molecule has 5 nitrogen and oxygen atoms in total. The molecule has 1 heterocycles. The zero-order valence-corrected chi connectivity index (χ0v) is 11.3. The third-order valence-corrected chi connectivity index (χ3v) is 2.75. The molecule has 108 valence electrons. The maximum atomic E-state index is 12.8. The van der Waals surface area contributed by atoms with Crippen LogP contribution in [-0.4, -0.2) is 22.8 Å². The molecule has 0 spiro atoms. The van der Waals surface area contributed by atoms with Crippen molar-refractivity contribution in [2.75, 3.05) is 5.32 Å². The highest BCUT2D eigenvalue weighted by molar-refractivity contribution is 6.00. The van der Waals surface area contributed by atoms with Crippen molar-refractivity contribution in [3.05, 3.63) is 60.2 Å². The van der Waals surface area contributed by atoms with Crippen molar-refractivity contribution in [2.24, 2.45) is 0 Å². The van der Waals surface area contributed by atoms with Crippen LogP contribution < -0.4 is 10.6 Å². The molecule has 6 heteroatoms. The molecule has 0 radical (unpaired) electrons. The number of hydrogen-bond acceptors (Lipinski definition) is 3. The Balaban J connectivity index is 1.93. The Bertz CT molecular complexity index is 629. The third-order valence-electron chi connectivity index (χ3n) is 2.75.